The zero-order chi connectivity index (χ0) is 14.7. The van der Waals surface area contributed by atoms with E-state index in [0.29, 0.717) is 11.4 Å². The van der Waals surface area contributed by atoms with Gasteiger partial charge in [-0.3, -0.25) is 0 Å². The standard InChI is InChI=1S/C16H15N5/c1-11-15(9-18-10-19-11)21-16-13(8-17)6-7-14(20-16)12-4-2-3-5-12/h4,6-7,9-10H,2-3,5H2,1H3,(H,20,21). The Morgan fingerprint density at radius 3 is 2.95 bits per heavy atom. The monoisotopic (exact) mass is 277 g/mol. The Labute approximate surface area is 123 Å². The molecule has 1 aliphatic rings. The molecule has 5 heteroatoms. The molecule has 2 aromatic heterocycles. The van der Waals surface area contributed by atoms with Crippen LogP contribution in [-0.4, -0.2) is 15.0 Å². The van der Waals surface area contributed by atoms with Crippen LogP contribution in [0.2, 0.25) is 0 Å². The maximum Gasteiger partial charge on any atom is 0.149 e. The first-order valence-electron chi connectivity index (χ1n) is 6.92. The van der Waals surface area contributed by atoms with Gasteiger partial charge < -0.3 is 5.32 Å². The fraction of sp³-hybridized carbons (Fsp3) is 0.250. The fourth-order valence-corrected chi connectivity index (χ4v) is 2.37. The molecule has 104 valence electrons. The third kappa shape index (κ3) is 2.75. The molecule has 5 nitrogen and oxygen atoms in total. The van der Waals surface area contributed by atoms with E-state index in [-0.39, 0.29) is 0 Å². The van der Waals surface area contributed by atoms with Gasteiger partial charge >= 0.3 is 0 Å². The van der Waals surface area contributed by atoms with Gasteiger partial charge in [0.15, 0.2) is 0 Å². The predicted molar refractivity (Wildman–Crippen MR) is 80.8 cm³/mol. The van der Waals surface area contributed by atoms with Crippen LogP contribution in [0.25, 0.3) is 5.57 Å². The number of anilines is 2. The number of hydrogen-bond acceptors (Lipinski definition) is 5. The lowest BCUT2D eigenvalue weighted by molar-refractivity contribution is 0.933. The summed E-state index contributed by atoms with van der Waals surface area (Å²) in [6.07, 6.45) is 8.73. The number of allylic oxidation sites excluding steroid dienone is 2. The quantitative estimate of drug-likeness (QED) is 0.931. The summed E-state index contributed by atoms with van der Waals surface area (Å²) in [6.45, 7) is 1.89. The molecule has 0 spiro atoms. The largest absolute Gasteiger partial charge is 0.336 e. The molecule has 0 atom stereocenters. The summed E-state index contributed by atoms with van der Waals surface area (Å²) >= 11 is 0. The van der Waals surface area contributed by atoms with E-state index in [9.17, 15) is 5.26 Å². The van der Waals surface area contributed by atoms with Crippen molar-refractivity contribution in [3.05, 3.63) is 47.7 Å². The van der Waals surface area contributed by atoms with Gasteiger partial charge in [0.1, 0.15) is 18.2 Å². The first-order valence-corrected chi connectivity index (χ1v) is 6.92. The van der Waals surface area contributed by atoms with Crippen LogP contribution in [0.3, 0.4) is 0 Å². The second kappa shape index (κ2) is 5.71. The Morgan fingerprint density at radius 1 is 1.33 bits per heavy atom. The highest BCUT2D eigenvalue weighted by Gasteiger charge is 2.12. The van der Waals surface area contributed by atoms with Crippen molar-refractivity contribution >= 4 is 17.1 Å². The lowest BCUT2D eigenvalue weighted by Crippen LogP contribution is -2.02. The zero-order valence-corrected chi connectivity index (χ0v) is 11.8. The molecule has 0 bridgehead atoms. The van der Waals surface area contributed by atoms with Crippen molar-refractivity contribution in [2.75, 3.05) is 5.32 Å². The van der Waals surface area contributed by atoms with Gasteiger partial charge in [-0.1, -0.05) is 6.08 Å². The highest BCUT2D eigenvalue weighted by Crippen LogP contribution is 2.28. The molecule has 0 aliphatic heterocycles. The van der Waals surface area contributed by atoms with Gasteiger partial charge in [0.25, 0.3) is 0 Å². The molecule has 3 rings (SSSR count). The van der Waals surface area contributed by atoms with E-state index in [1.54, 1.807) is 6.20 Å². The maximum absolute atomic E-state index is 9.25. The summed E-state index contributed by atoms with van der Waals surface area (Å²) in [7, 11) is 0. The lowest BCUT2D eigenvalue weighted by Gasteiger charge is -2.11. The average molecular weight is 277 g/mol. The summed E-state index contributed by atoms with van der Waals surface area (Å²) in [6, 6.07) is 5.89. The van der Waals surface area contributed by atoms with Crippen molar-refractivity contribution in [3.63, 3.8) is 0 Å². The van der Waals surface area contributed by atoms with Crippen LogP contribution < -0.4 is 5.32 Å². The number of rotatable bonds is 3. The van der Waals surface area contributed by atoms with Gasteiger partial charge in [-0.25, -0.2) is 15.0 Å². The highest BCUT2D eigenvalue weighted by molar-refractivity contribution is 5.70. The Balaban J connectivity index is 1.98. The molecule has 0 unspecified atom stereocenters. The molecule has 0 saturated carbocycles. The molecule has 21 heavy (non-hydrogen) atoms. The minimum Gasteiger partial charge on any atom is -0.336 e. The molecule has 0 fully saturated rings. The fourth-order valence-electron chi connectivity index (χ4n) is 2.37. The molecule has 0 amide bonds. The summed E-state index contributed by atoms with van der Waals surface area (Å²) in [4.78, 5) is 12.7. The van der Waals surface area contributed by atoms with Crippen molar-refractivity contribution in [1.29, 1.82) is 5.26 Å². The van der Waals surface area contributed by atoms with Crippen LogP contribution >= 0.6 is 0 Å². The Bertz CT molecular complexity index is 743. The average Bonchev–Trinajstić information content (AvgIpc) is 3.04. The smallest absolute Gasteiger partial charge is 0.149 e. The van der Waals surface area contributed by atoms with Gasteiger partial charge in [-0.2, -0.15) is 5.26 Å². The van der Waals surface area contributed by atoms with Crippen molar-refractivity contribution in [3.8, 4) is 6.07 Å². The summed E-state index contributed by atoms with van der Waals surface area (Å²) < 4.78 is 0. The van der Waals surface area contributed by atoms with Crippen molar-refractivity contribution in [1.82, 2.24) is 15.0 Å². The minimum absolute atomic E-state index is 0.514. The second-order valence-corrected chi connectivity index (χ2v) is 4.97. The van der Waals surface area contributed by atoms with Crippen LogP contribution in [0.5, 0.6) is 0 Å². The van der Waals surface area contributed by atoms with Crippen LogP contribution in [0.15, 0.2) is 30.7 Å². The number of nitriles is 1. The molecule has 0 saturated heterocycles. The van der Waals surface area contributed by atoms with Gasteiger partial charge in [0.05, 0.1) is 28.8 Å². The van der Waals surface area contributed by atoms with Gasteiger partial charge in [0, 0.05) is 0 Å². The van der Waals surface area contributed by atoms with Gasteiger partial charge in [-0.15, -0.1) is 0 Å². The number of aryl methyl sites for hydroxylation is 1. The van der Waals surface area contributed by atoms with E-state index in [4.69, 9.17) is 0 Å². The zero-order valence-electron chi connectivity index (χ0n) is 11.8. The highest BCUT2D eigenvalue weighted by atomic mass is 15.0. The van der Waals surface area contributed by atoms with Crippen LogP contribution in [-0.2, 0) is 0 Å². The van der Waals surface area contributed by atoms with E-state index >= 15 is 0 Å². The number of hydrogen-bond donors (Lipinski definition) is 1. The molecule has 2 aromatic rings. The topological polar surface area (TPSA) is 74.5 Å². The van der Waals surface area contributed by atoms with E-state index in [1.165, 1.54) is 18.3 Å². The molecule has 2 heterocycles. The normalized spacial score (nSPS) is 13.6. The summed E-state index contributed by atoms with van der Waals surface area (Å²) in [5.74, 6) is 0.556. The van der Waals surface area contributed by atoms with Crippen molar-refractivity contribution in [2.24, 2.45) is 0 Å². The van der Waals surface area contributed by atoms with Gasteiger partial charge in [-0.05, 0) is 43.9 Å². The molecule has 1 N–H and O–H groups in total. The number of nitrogens with one attached hydrogen (secondary N) is 1. The van der Waals surface area contributed by atoms with Crippen LogP contribution in [0, 0.1) is 18.3 Å². The Hall–Kier alpha value is -2.74. The van der Waals surface area contributed by atoms with E-state index in [0.717, 1.165) is 29.9 Å². The SMILES string of the molecule is Cc1ncncc1Nc1nc(C2=CCCC2)ccc1C#N. The Morgan fingerprint density at radius 2 is 2.24 bits per heavy atom. The third-order valence-corrected chi connectivity index (χ3v) is 3.55. The maximum atomic E-state index is 9.25. The number of aromatic nitrogens is 3. The lowest BCUT2D eigenvalue weighted by atomic mass is 10.1. The van der Waals surface area contributed by atoms with E-state index in [2.05, 4.69) is 32.4 Å². The first-order chi connectivity index (χ1) is 10.3. The first kappa shape index (κ1) is 13.3. The number of nitrogens with zero attached hydrogens (tertiary/aromatic N) is 4. The molecule has 0 radical (unpaired) electrons. The summed E-state index contributed by atoms with van der Waals surface area (Å²) in [5.41, 5.74) is 4.29. The number of pyridine rings is 1. The van der Waals surface area contributed by atoms with E-state index < -0.39 is 0 Å². The third-order valence-electron chi connectivity index (χ3n) is 3.55. The molecular weight excluding hydrogens is 262 g/mol. The second-order valence-electron chi connectivity index (χ2n) is 4.97. The van der Waals surface area contributed by atoms with Crippen molar-refractivity contribution in [2.45, 2.75) is 26.2 Å². The minimum atomic E-state index is 0.514. The predicted octanol–water partition coefficient (Wildman–Crippen LogP) is 3.36. The molecule has 0 aromatic carbocycles. The van der Waals surface area contributed by atoms with Crippen molar-refractivity contribution < 1.29 is 0 Å². The Kier molecular flexibility index (Phi) is 3.61. The van der Waals surface area contributed by atoms with Crippen LogP contribution in [0.1, 0.15) is 36.2 Å². The van der Waals surface area contributed by atoms with Gasteiger partial charge in [0.2, 0.25) is 0 Å². The van der Waals surface area contributed by atoms with E-state index in [1.807, 2.05) is 19.1 Å². The molecular formula is C16H15N5. The van der Waals surface area contributed by atoms with Crippen LogP contribution in [0.4, 0.5) is 11.5 Å². The summed E-state index contributed by atoms with van der Waals surface area (Å²) in [5, 5.41) is 12.4. The molecule has 1 aliphatic carbocycles.